The molecule has 0 fully saturated rings. The first-order valence-corrected chi connectivity index (χ1v) is 14.0. The molecule has 6 nitrogen and oxygen atoms in total. The van der Waals surface area contributed by atoms with Gasteiger partial charge in [-0.15, -0.1) is 17.9 Å². The average molecular weight is 528 g/mol. The van der Waals surface area contributed by atoms with E-state index < -0.39 is 35.6 Å². The number of thiazole rings is 1. The van der Waals surface area contributed by atoms with Crippen molar-refractivity contribution in [2.75, 3.05) is 0 Å². The van der Waals surface area contributed by atoms with Crippen molar-refractivity contribution in [3.8, 4) is 0 Å². The minimum atomic E-state index is -1.25. The Morgan fingerprint density at radius 3 is 2.68 bits per heavy atom. The molecular weight excluding hydrogens is 486 g/mol. The van der Waals surface area contributed by atoms with Crippen LogP contribution >= 0.6 is 11.3 Å². The molecule has 2 N–H and O–H groups in total. The second-order valence-corrected chi connectivity index (χ2v) is 12.3. The number of esters is 1. The molecule has 0 spiro atoms. The summed E-state index contributed by atoms with van der Waals surface area (Å²) >= 11 is 1.62. The molecule has 1 aromatic carbocycles. The lowest BCUT2D eigenvalue weighted by Gasteiger charge is -2.35. The lowest BCUT2D eigenvalue weighted by molar-refractivity contribution is -0.156. The summed E-state index contributed by atoms with van der Waals surface area (Å²) in [6, 6.07) is 5.93. The number of aryl methyl sites for hydroxylation is 1. The zero-order valence-corrected chi connectivity index (χ0v) is 23.5. The summed E-state index contributed by atoms with van der Waals surface area (Å²) in [6.45, 7) is 13.0. The smallest absolute Gasteiger partial charge is 0.309 e. The number of hydrogen-bond acceptors (Lipinski definition) is 7. The summed E-state index contributed by atoms with van der Waals surface area (Å²) < 4.78 is 6.99. The van der Waals surface area contributed by atoms with Crippen LogP contribution in [0.2, 0.25) is 0 Å². The van der Waals surface area contributed by atoms with Crippen molar-refractivity contribution in [2.45, 2.75) is 91.5 Å². The van der Waals surface area contributed by atoms with Gasteiger partial charge in [0.2, 0.25) is 0 Å². The highest BCUT2D eigenvalue weighted by atomic mass is 32.1. The van der Waals surface area contributed by atoms with E-state index in [2.05, 4.69) is 24.6 Å². The number of Topliss-reactive ketones (excluding diaryl/α,β-unsaturated/α-hetero) is 1. The van der Waals surface area contributed by atoms with E-state index in [4.69, 9.17) is 4.74 Å². The van der Waals surface area contributed by atoms with Crippen molar-refractivity contribution in [1.82, 2.24) is 4.98 Å². The largest absolute Gasteiger partial charge is 0.457 e. The maximum absolute atomic E-state index is 13.6. The van der Waals surface area contributed by atoms with Crippen LogP contribution in [-0.2, 0) is 14.3 Å². The van der Waals surface area contributed by atoms with Gasteiger partial charge in [-0.3, -0.25) is 9.59 Å². The van der Waals surface area contributed by atoms with Crippen molar-refractivity contribution in [3.05, 3.63) is 53.1 Å². The third-order valence-electron chi connectivity index (χ3n) is 7.66. The Balaban J connectivity index is 1.93. The van der Waals surface area contributed by atoms with E-state index in [-0.39, 0.29) is 18.1 Å². The van der Waals surface area contributed by atoms with Crippen LogP contribution in [0.3, 0.4) is 0 Å². The number of carbonyl (C=O) groups excluding carboxylic acids is 2. The van der Waals surface area contributed by atoms with Crippen molar-refractivity contribution in [2.24, 2.45) is 17.3 Å². The Kier molecular flexibility index (Phi) is 9.84. The highest BCUT2D eigenvalue weighted by Gasteiger charge is 2.43. The fraction of sp³-hybridized carbons (Fsp3) is 0.567. The number of fused-ring (bicyclic) bond motifs is 1. The number of carbonyl (C=O) groups is 2. The van der Waals surface area contributed by atoms with Crippen LogP contribution in [0.5, 0.6) is 0 Å². The molecule has 202 valence electrons. The van der Waals surface area contributed by atoms with E-state index >= 15 is 0 Å². The predicted molar refractivity (Wildman–Crippen MR) is 148 cm³/mol. The summed E-state index contributed by atoms with van der Waals surface area (Å²) in [7, 11) is 0. The van der Waals surface area contributed by atoms with Crippen LogP contribution in [0.15, 0.2) is 42.5 Å². The number of aliphatic hydroxyl groups excluding tert-OH is 2. The van der Waals surface area contributed by atoms with Crippen LogP contribution in [0.1, 0.15) is 82.9 Å². The van der Waals surface area contributed by atoms with E-state index in [1.807, 2.05) is 32.0 Å². The van der Waals surface area contributed by atoms with Gasteiger partial charge in [-0.2, -0.15) is 0 Å². The Morgan fingerprint density at radius 2 is 1.97 bits per heavy atom. The number of rotatable bonds is 3. The Bertz CT molecular complexity index is 1150. The summed E-state index contributed by atoms with van der Waals surface area (Å²) in [5, 5.41) is 23.1. The van der Waals surface area contributed by atoms with Crippen LogP contribution < -0.4 is 0 Å². The SMILES string of the molecule is C=CC[C@H]1C(=O)C(C)(C)[C@H](O)CC(=O)O[C@H](c2ccc3sc(C)nc3c2)C/C=C(/C)CCC[C@@H](C)[C@@H]1O. The third kappa shape index (κ3) is 7.15. The molecule has 0 aliphatic carbocycles. The molecule has 2 heterocycles. The van der Waals surface area contributed by atoms with Crippen LogP contribution in [0.4, 0.5) is 0 Å². The van der Waals surface area contributed by atoms with Crippen molar-refractivity contribution >= 4 is 33.3 Å². The molecule has 1 aromatic heterocycles. The molecule has 0 saturated heterocycles. The number of aromatic nitrogens is 1. The molecule has 5 atom stereocenters. The number of aliphatic hydroxyl groups is 2. The fourth-order valence-corrected chi connectivity index (χ4v) is 5.84. The lowest BCUT2D eigenvalue weighted by atomic mass is 9.71. The molecule has 3 rings (SSSR count). The number of ether oxygens (including phenoxy) is 1. The minimum Gasteiger partial charge on any atom is -0.457 e. The number of cyclic esters (lactones) is 1. The van der Waals surface area contributed by atoms with Crippen LogP contribution in [0, 0.1) is 24.2 Å². The van der Waals surface area contributed by atoms with Gasteiger partial charge in [0.15, 0.2) is 0 Å². The maximum atomic E-state index is 13.6. The van der Waals surface area contributed by atoms with Gasteiger partial charge in [0, 0.05) is 12.3 Å². The second-order valence-electron chi connectivity index (χ2n) is 11.0. The van der Waals surface area contributed by atoms with Crippen molar-refractivity contribution in [1.29, 1.82) is 0 Å². The summed E-state index contributed by atoms with van der Waals surface area (Å²) in [5.41, 5.74) is 1.66. The summed E-state index contributed by atoms with van der Waals surface area (Å²) in [6.07, 6.45) is 4.10. The normalized spacial score (nSPS) is 29.9. The minimum absolute atomic E-state index is 0.0893. The predicted octanol–water partition coefficient (Wildman–Crippen LogP) is 6.24. The number of ketones is 1. The first-order chi connectivity index (χ1) is 17.4. The number of benzene rings is 1. The number of hydrogen-bond donors (Lipinski definition) is 2. The molecule has 0 bridgehead atoms. The molecule has 0 radical (unpaired) electrons. The maximum Gasteiger partial charge on any atom is 0.309 e. The highest BCUT2D eigenvalue weighted by molar-refractivity contribution is 7.18. The Labute approximate surface area is 224 Å². The second kappa shape index (κ2) is 12.5. The van der Waals surface area contributed by atoms with Gasteiger partial charge in [0.05, 0.1) is 39.3 Å². The van der Waals surface area contributed by atoms with E-state index in [9.17, 15) is 19.8 Å². The first-order valence-electron chi connectivity index (χ1n) is 13.2. The van der Waals surface area contributed by atoms with Gasteiger partial charge in [0.1, 0.15) is 11.9 Å². The van der Waals surface area contributed by atoms with E-state index in [0.29, 0.717) is 12.8 Å². The van der Waals surface area contributed by atoms with Crippen LogP contribution in [-0.4, -0.2) is 39.2 Å². The van der Waals surface area contributed by atoms with Crippen LogP contribution in [0.25, 0.3) is 10.2 Å². The zero-order valence-electron chi connectivity index (χ0n) is 22.7. The molecule has 2 aromatic rings. The van der Waals surface area contributed by atoms with Gasteiger partial charge >= 0.3 is 5.97 Å². The third-order valence-corrected chi connectivity index (χ3v) is 8.61. The van der Waals surface area contributed by atoms with Gasteiger partial charge in [-0.25, -0.2) is 4.98 Å². The van der Waals surface area contributed by atoms with Gasteiger partial charge < -0.3 is 14.9 Å². The van der Waals surface area contributed by atoms with Gasteiger partial charge in [-0.1, -0.05) is 44.6 Å². The topological polar surface area (TPSA) is 96.7 Å². The fourth-order valence-electron chi connectivity index (χ4n) is 5.04. The molecule has 0 saturated carbocycles. The van der Waals surface area contributed by atoms with Crippen molar-refractivity contribution < 1.29 is 24.5 Å². The number of nitrogens with zero attached hydrogens (tertiary/aromatic N) is 1. The molecule has 37 heavy (non-hydrogen) atoms. The van der Waals surface area contributed by atoms with E-state index in [1.54, 1.807) is 31.3 Å². The molecule has 7 heteroatoms. The Morgan fingerprint density at radius 1 is 1.24 bits per heavy atom. The monoisotopic (exact) mass is 527 g/mol. The zero-order chi connectivity index (χ0) is 27.3. The molecule has 1 aliphatic heterocycles. The highest BCUT2D eigenvalue weighted by Crippen LogP contribution is 2.35. The lowest BCUT2D eigenvalue weighted by Crippen LogP contribution is -2.46. The van der Waals surface area contributed by atoms with E-state index in [0.717, 1.165) is 40.1 Å². The van der Waals surface area contributed by atoms with E-state index in [1.165, 1.54) is 5.57 Å². The molecule has 1 aliphatic rings. The summed E-state index contributed by atoms with van der Waals surface area (Å²) in [5.74, 6) is -1.62. The van der Waals surface area contributed by atoms with Crippen molar-refractivity contribution in [3.63, 3.8) is 0 Å². The quantitative estimate of drug-likeness (QED) is 0.362. The van der Waals surface area contributed by atoms with Gasteiger partial charge in [-0.05, 0) is 63.1 Å². The molecule has 0 unspecified atom stereocenters. The Hall–Kier alpha value is -2.35. The number of allylic oxidation sites excluding steroid dienone is 2. The van der Waals surface area contributed by atoms with Gasteiger partial charge in [0.25, 0.3) is 0 Å². The standard InChI is InChI=1S/C30H41NO5S/c1-7-9-22-28(34)19(3)11-8-10-18(2)12-14-24(21-13-15-25-23(16-21)31-20(4)37-25)36-27(33)17-26(32)30(5,6)29(22)35/h7,12-13,15-16,19,22,24,26,28,32,34H,1,8-11,14,17H2,2-6H3/b18-12-/t19-,22-,24+,26-,28+/m1/s1. The summed E-state index contributed by atoms with van der Waals surface area (Å²) in [4.78, 5) is 31.2. The first kappa shape index (κ1) is 29.2. The average Bonchev–Trinajstić information content (AvgIpc) is 3.22. The molecule has 0 amide bonds. The molecular formula is C30H41NO5S.